The molecule has 0 aliphatic carbocycles. The SMILES string of the molecule is CC(C)(C)OC(=O)NC(C)(C)c1nc(-c2cccc(NC(=O)O)c2F)c(-c2ccnc(Cl)n2)s1. The number of thiazole rings is 1. The third-order valence-electron chi connectivity index (χ3n) is 4.33. The Labute approximate surface area is 204 Å². The lowest BCUT2D eigenvalue weighted by molar-refractivity contribution is 0.0470. The molecule has 0 bridgehead atoms. The summed E-state index contributed by atoms with van der Waals surface area (Å²) in [6.07, 6.45) is -0.586. The van der Waals surface area contributed by atoms with Gasteiger partial charge in [-0.25, -0.2) is 28.9 Å². The molecule has 180 valence electrons. The number of nitrogens with one attached hydrogen (secondary N) is 2. The van der Waals surface area contributed by atoms with E-state index in [1.54, 1.807) is 40.7 Å². The molecule has 0 spiro atoms. The Hall–Kier alpha value is -3.31. The van der Waals surface area contributed by atoms with E-state index in [0.29, 0.717) is 15.6 Å². The summed E-state index contributed by atoms with van der Waals surface area (Å²) in [7, 11) is 0. The van der Waals surface area contributed by atoms with E-state index in [1.165, 1.54) is 35.7 Å². The van der Waals surface area contributed by atoms with Crippen LogP contribution >= 0.6 is 22.9 Å². The molecule has 3 rings (SSSR count). The second-order valence-corrected chi connectivity index (χ2v) is 10.1. The second-order valence-electron chi connectivity index (χ2n) is 8.76. The topological polar surface area (TPSA) is 126 Å². The first-order valence-corrected chi connectivity index (χ1v) is 11.3. The summed E-state index contributed by atoms with van der Waals surface area (Å²) in [5, 5.41) is 14.3. The van der Waals surface area contributed by atoms with Crippen molar-refractivity contribution < 1.29 is 23.8 Å². The molecule has 3 aromatic rings. The zero-order valence-corrected chi connectivity index (χ0v) is 20.6. The molecule has 2 aromatic heterocycles. The van der Waals surface area contributed by atoms with E-state index in [1.807, 2.05) is 5.32 Å². The van der Waals surface area contributed by atoms with E-state index in [2.05, 4.69) is 20.3 Å². The monoisotopic (exact) mass is 507 g/mol. The van der Waals surface area contributed by atoms with Crippen molar-refractivity contribution in [1.29, 1.82) is 0 Å². The smallest absolute Gasteiger partial charge is 0.409 e. The standard InChI is InChI=1S/C22H23ClFN5O4S/c1-21(2,3)33-20(32)29-22(4,5)17-28-15(16(34-17)13-9-10-25-18(23)26-13)11-7-6-8-12(14(11)24)27-19(30)31/h6-10,27H,1-5H3,(H,29,32)(H,30,31). The van der Waals surface area contributed by atoms with Gasteiger partial charge in [-0.1, -0.05) is 6.07 Å². The molecule has 0 saturated carbocycles. The number of rotatable bonds is 5. The van der Waals surface area contributed by atoms with E-state index in [4.69, 9.17) is 21.4 Å². The lowest BCUT2D eigenvalue weighted by Crippen LogP contribution is -2.43. The first-order chi connectivity index (χ1) is 15.8. The minimum Gasteiger partial charge on any atom is -0.465 e. The molecule has 0 aliphatic rings. The fourth-order valence-corrected chi connectivity index (χ4v) is 4.20. The number of aromatic nitrogens is 3. The van der Waals surface area contributed by atoms with Crippen molar-refractivity contribution in [2.24, 2.45) is 0 Å². The number of hydrogen-bond acceptors (Lipinski definition) is 7. The number of halogens is 2. The van der Waals surface area contributed by atoms with Gasteiger partial charge in [0.25, 0.3) is 0 Å². The van der Waals surface area contributed by atoms with Crippen LogP contribution in [0.2, 0.25) is 5.28 Å². The van der Waals surface area contributed by atoms with Gasteiger partial charge in [0.05, 0.1) is 27.5 Å². The Morgan fingerprint density at radius 3 is 2.47 bits per heavy atom. The summed E-state index contributed by atoms with van der Waals surface area (Å²) in [5.74, 6) is -0.805. The van der Waals surface area contributed by atoms with Crippen LogP contribution in [0.25, 0.3) is 21.8 Å². The number of ether oxygens (including phenoxy) is 1. The second kappa shape index (κ2) is 9.51. The highest BCUT2D eigenvalue weighted by Crippen LogP contribution is 2.41. The van der Waals surface area contributed by atoms with E-state index >= 15 is 4.39 Å². The molecular weight excluding hydrogens is 485 g/mol. The highest BCUT2D eigenvalue weighted by Gasteiger charge is 2.32. The van der Waals surface area contributed by atoms with Gasteiger partial charge in [-0.05, 0) is 64.4 Å². The summed E-state index contributed by atoms with van der Waals surface area (Å²) < 4.78 is 20.6. The quantitative estimate of drug-likeness (QED) is 0.366. The Balaban J connectivity index is 2.13. The van der Waals surface area contributed by atoms with E-state index in [0.717, 1.165) is 0 Å². The molecule has 2 amide bonds. The summed E-state index contributed by atoms with van der Waals surface area (Å²) in [4.78, 5) is 36.6. The average Bonchev–Trinajstić information content (AvgIpc) is 3.13. The van der Waals surface area contributed by atoms with Crippen molar-refractivity contribution in [1.82, 2.24) is 20.3 Å². The van der Waals surface area contributed by atoms with Gasteiger partial charge in [-0.2, -0.15) is 0 Å². The van der Waals surface area contributed by atoms with Crippen molar-refractivity contribution in [3.05, 3.63) is 46.6 Å². The minimum atomic E-state index is -1.40. The van der Waals surface area contributed by atoms with Crippen molar-refractivity contribution >= 4 is 40.8 Å². The normalized spacial score (nSPS) is 11.7. The largest absolute Gasteiger partial charge is 0.465 e. The lowest BCUT2D eigenvalue weighted by Gasteiger charge is -2.27. The van der Waals surface area contributed by atoms with Crippen molar-refractivity contribution in [2.45, 2.75) is 45.8 Å². The molecule has 1 aromatic carbocycles. The molecule has 0 unspecified atom stereocenters. The van der Waals surface area contributed by atoms with Gasteiger partial charge in [0.2, 0.25) is 5.28 Å². The van der Waals surface area contributed by atoms with Gasteiger partial charge in [-0.3, -0.25) is 5.32 Å². The maximum absolute atomic E-state index is 15.3. The van der Waals surface area contributed by atoms with Crippen molar-refractivity contribution in [2.75, 3.05) is 5.32 Å². The first-order valence-electron chi connectivity index (χ1n) is 10.1. The van der Waals surface area contributed by atoms with E-state index < -0.39 is 29.1 Å². The van der Waals surface area contributed by atoms with E-state index in [-0.39, 0.29) is 22.2 Å². The molecule has 12 heteroatoms. The van der Waals surface area contributed by atoms with Gasteiger partial charge in [0.15, 0.2) is 5.82 Å². The number of alkyl carbamates (subject to hydrolysis) is 1. The zero-order chi connectivity index (χ0) is 25.3. The molecule has 0 aliphatic heterocycles. The number of carboxylic acid groups (broad SMARTS) is 1. The van der Waals surface area contributed by atoms with Crippen LogP contribution in [0.4, 0.5) is 19.7 Å². The number of benzene rings is 1. The van der Waals surface area contributed by atoms with Crippen LogP contribution in [0, 0.1) is 5.82 Å². The predicted molar refractivity (Wildman–Crippen MR) is 128 cm³/mol. The third kappa shape index (κ3) is 5.97. The maximum atomic E-state index is 15.3. The summed E-state index contributed by atoms with van der Waals surface area (Å²) in [5.41, 5.74) is -1.27. The Kier molecular flexibility index (Phi) is 7.08. The number of carbonyl (C=O) groups is 2. The van der Waals surface area contributed by atoms with Crippen LogP contribution in [0.15, 0.2) is 30.5 Å². The first kappa shape index (κ1) is 25.3. The molecule has 0 saturated heterocycles. The molecular formula is C22H23ClFN5O4S. The fourth-order valence-electron chi connectivity index (χ4n) is 2.94. The number of carbonyl (C=O) groups excluding carboxylic acids is 1. The predicted octanol–water partition coefficient (Wildman–Crippen LogP) is 5.91. The van der Waals surface area contributed by atoms with Gasteiger partial charge >= 0.3 is 12.2 Å². The van der Waals surface area contributed by atoms with Crippen LogP contribution in [0.1, 0.15) is 39.6 Å². The molecule has 0 radical (unpaired) electrons. The van der Waals surface area contributed by atoms with Gasteiger partial charge in [0.1, 0.15) is 10.6 Å². The lowest BCUT2D eigenvalue weighted by atomic mass is 10.1. The number of amides is 2. The van der Waals surface area contributed by atoms with Crippen LogP contribution in [0.3, 0.4) is 0 Å². The molecule has 0 atom stereocenters. The van der Waals surface area contributed by atoms with Gasteiger partial charge < -0.3 is 15.2 Å². The van der Waals surface area contributed by atoms with Crippen LogP contribution < -0.4 is 10.6 Å². The molecule has 3 N–H and O–H groups in total. The maximum Gasteiger partial charge on any atom is 0.409 e. The Morgan fingerprint density at radius 2 is 1.85 bits per heavy atom. The van der Waals surface area contributed by atoms with Crippen molar-refractivity contribution in [3.63, 3.8) is 0 Å². The van der Waals surface area contributed by atoms with Crippen LogP contribution in [0.5, 0.6) is 0 Å². The third-order valence-corrected chi connectivity index (χ3v) is 5.91. The van der Waals surface area contributed by atoms with Gasteiger partial charge in [-0.15, -0.1) is 11.3 Å². The number of nitrogens with zero attached hydrogens (tertiary/aromatic N) is 3. The molecule has 9 nitrogen and oxygen atoms in total. The number of hydrogen-bond donors (Lipinski definition) is 3. The molecule has 2 heterocycles. The highest BCUT2D eigenvalue weighted by molar-refractivity contribution is 7.15. The Bertz CT molecular complexity index is 1240. The van der Waals surface area contributed by atoms with E-state index in [9.17, 15) is 9.59 Å². The molecule has 34 heavy (non-hydrogen) atoms. The number of anilines is 1. The van der Waals surface area contributed by atoms with Crippen LogP contribution in [-0.2, 0) is 10.3 Å². The minimum absolute atomic E-state index is 0.00805. The van der Waals surface area contributed by atoms with Crippen molar-refractivity contribution in [3.8, 4) is 21.8 Å². The molecule has 0 fully saturated rings. The average molecular weight is 508 g/mol. The zero-order valence-electron chi connectivity index (χ0n) is 19.1. The summed E-state index contributed by atoms with van der Waals surface area (Å²) >= 11 is 7.15. The summed E-state index contributed by atoms with van der Waals surface area (Å²) in [6, 6.07) is 5.87. The Morgan fingerprint density at radius 1 is 1.15 bits per heavy atom. The van der Waals surface area contributed by atoms with Crippen LogP contribution in [-0.4, -0.2) is 37.8 Å². The summed E-state index contributed by atoms with van der Waals surface area (Å²) in [6.45, 7) is 8.71. The van der Waals surface area contributed by atoms with Gasteiger partial charge in [0, 0.05) is 11.8 Å². The fraction of sp³-hybridized carbons (Fsp3) is 0.318. The highest BCUT2D eigenvalue weighted by atomic mass is 35.5.